The Hall–Kier alpha value is -1.16. The molecule has 2 saturated heterocycles. The van der Waals surface area contributed by atoms with Gasteiger partial charge in [0.25, 0.3) is 0 Å². The Morgan fingerprint density at radius 1 is 1.16 bits per heavy atom. The minimum absolute atomic E-state index is 0. The van der Waals surface area contributed by atoms with Crippen LogP contribution in [-0.4, -0.2) is 36.4 Å². The number of aromatic nitrogens is 2. The zero-order chi connectivity index (χ0) is 13.5. The van der Waals surface area contributed by atoms with Gasteiger partial charge in [-0.3, -0.25) is 0 Å². The Morgan fingerprint density at radius 2 is 1.84 bits per heavy atom. The van der Waals surface area contributed by atoms with Crippen molar-refractivity contribution in [3.8, 4) is 0 Å². The van der Waals surface area contributed by atoms with E-state index in [1.54, 1.807) is 0 Å². The summed E-state index contributed by atoms with van der Waals surface area (Å²) in [6.07, 6.45) is 2.61. The van der Waals surface area contributed by atoms with Crippen LogP contribution in [0.15, 0.2) is 12.1 Å². The van der Waals surface area contributed by atoms with Crippen molar-refractivity contribution in [2.24, 2.45) is 5.41 Å². The van der Waals surface area contributed by atoms with Gasteiger partial charge >= 0.3 is 0 Å². The lowest BCUT2D eigenvalue weighted by atomic mass is 9.72. The summed E-state index contributed by atoms with van der Waals surface area (Å²) in [6.45, 7) is 11.2. The Kier molecular flexibility index (Phi) is 3.01. The Balaban J connectivity index is 0.00000147. The fraction of sp³-hybridized carbons (Fsp3) is 0.733. The summed E-state index contributed by atoms with van der Waals surface area (Å²) in [5, 5.41) is 12.2. The van der Waals surface area contributed by atoms with Crippen molar-refractivity contribution in [3.63, 3.8) is 0 Å². The van der Waals surface area contributed by atoms with Crippen LogP contribution in [0.2, 0.25) is 0 Å². The molecule has 0 aliphatic carbocycles. The van der Waals surface area contributed by atoms with Gasteiger partial charge in [0.1, 0.15) is 0 Å². The zero-order valence-corrected chi connectivity index (χ0v) is 12.2. The van der Waals surface area contributed by atoms with Crippen LogP contribution in [0.25, 0.3) is 0 Å². The average Bonchev–Trinajstić information content (AvgIpc) is 2.36. The number of nitrogens with zero attached hydrogens (tertiary/aromatic N) is 3. The smallest absolute Gasteiger partial charge is 0.151 e. The highest BCUT2D eigenvalue weighted by Gasteiger charge is 2.43. The lowest BCUT2D eigenvalue weighted by Gasteiger charge is -2.52. The fourth-order valence-corrected chi connectivity index (χ4v) is 3.09. The second-order valence-corrected chi connectivity index (χ2v) is 7.13. The van der Waals surface area contributed by atoms with Gasteiger partial charge in [0.2, 0.25) is 0 Å². The Bertz CT molecular complexity index is 438. The predicted molar refractivity (Wildman–Crippen MR) is 79.6 cm³/mol. The summed E-state index contributed by atoms with van der Waals surface area (Å²) >= 11 is 0. The fourth-order valence-electron chi connectivity index (χ4n) is 3.09. The van der Waals surface area contributed by atoms with E-state index in [0.717, 1.165) is 24.6 Å². The number of hydrogen-bond acceptors (Lipinski definition) is 4. The van der Waals surface area contributed by atoms with Crippen LogP contribution in [0.4, 0.5) is 5.82 Å². The molecule has 0 aromatic carbocycles. The van der Waals surface area contributed by atoms with Gasteiger partial charge in [-0.05, 0) is 38.1 Å². The number of nitrogens with one attached hydrogen (secondary N) is 1. The number of anilines is 1. The first kappa shape index (κ1) is 12.9. The molecule has 3 heterocycles. The molecule has 19 heavy (non-hydrogen) atoms. The number of hydrogen-bond donors (Lipinski definition) is 1. The lowest BCUT2D eigenvalue weighted by molar-refractivity contribution is 0.149. The van der Waals surface area contributed by atoms with E-state index in [9.17, 15) is 0 Å². The lowest BCUT2D eigenvalue weighted by Crippen LogP contribution is -2.60. The third-order valence-electron chi connectivity index (χ3n) is 4.46. The molecule has 106 valence electrons. The molecule has 1 aromatic heterocycles. The van der Waals surface area contributed by atoms with Gasteiger partial charge in [0, 0.05) is 25.3 Å². The maximum Gasteiger partial charge on any atom is 0.151 e. The maximum atomic E-state index is 4.41. The molecule has 0 saturated carbocycles. The van der Waals surface area contributed by atoms with E-state index in [2.05, 4.69) is 53.3 Å². The summed E-state index contributed by atoms with van der Waals surface area (Å²) in [7, 11) is 0. The first-order valence-electron chi connectivity index (χ1n) is 7.29. The van der Waals surface area contributed by atoms with Gasteiger partial charge in [-0.15, -0.1) is 5.10 Å². The van der Waals surface area contributed by atoms with E-state index in [1.165, 1.54) is 25.9 Å². The van der Waals surface area contributed by atoms with Gasteiger partial charge in [-0.2, -0.15) is 5.10 Å². The van der Waals surface area contributed by atoms with Crippen molar-refractivity contribution in [3.05, 3.63) is 17.8 Å². The standard InChI is InChI=1S/C15H24N4.H2/c1-14(2,3)12-4-5-13(18-17-12)19-10-15(11-19)6-8-16-9-7-15;/h4-5,16H,6-11H2,1-3H3;1H. The highest BCUT2D eigenvalue weighted by molar-refractivity contribution is 5.43. The quantitative estimate of drug-likeness (QED) is 0.842. The molecule has 1 aromatic rings. The first-order valence-corrected chi connectivity index (χ1v) is 7.29. The molecule has 2 aliphatic rings. The van der Waals surface area contributed by atoms with E-state index in [0.29, 0.717) is 5.41 Å². The van der Waals surface area contributed by atoms with Crippen LogP contribution in [0.5, 0.6) is 0 Å². The normalized spacial score (nSPS) is 22.4. The topological polar surface area (TPSA) is 41.0 Å². The molecule has 0 atom stereocenters. The van der Waals surface area contributed by atoms with Crippen LogP contribution in [0, 0.1) is 5.41 Å². The Labute approximate surface area is 117 Å². The summed E-state index contributed by atoms with van der Waals surface area (Å²) in [5.74, 6) is 1.04. The SMILES string of the molecule is CC(C)(C)c1ccc(N2CC3(CCNCC3)C2)nn1.[HH]. The molecule has 2 aliphatic heterocycles. The average molecular weight is 262 g/mol. The third kappa shape index (κ3) is 2.46. The largest absolute Gasteiger partial charge is 0.354 e. The van der Waals surface area contributed by atoms with E-state index in [1.807, 2.05) is 0 Å². The molecule has 1 spiro atoms. The second-order valence-electron chi connectivity index (χ2n) is 7.13. The third-order valence-corrected chi connectivity index (χ3v) is 4.46. The molecule has 0 unspecified atom stereocenters. The molecular formula is C15H26N4. The van der Waals surface area contributed by atoms with Crippen LogP contribution >= 0.6 is 0 Å². The highest BCUT2D eigenvalue weighted by atomic mass is 15.3. The van der Waals surface area contributed by atoms with Crippen molar-refractivity contribution in [1.82, 2.24) is 15.5 Å². The summed E-state index contributed by atoms with van der Waals surface area (Å²) < 4.78 is 0. The molecule has 0 bridgehead atoms. The van der Waals surface area contributed by atoms with Gasteiger partial charge in [0.05, 0.1) is 5.69 Å². The number of piperidine rings is 1. The van der Waals surface area contributed by atoms with Crippen molar-refractivity contribution in [2.75, 3.05) is 31.1 Å². The highest BCUT2D eigenvalue weighted by Crippen LogP contribution is 2.40. The van der Waals surface area contributed by atoms with Gasteiger partial charge in [0.15, 0.2) is 5.82 Å². The van der Waals surface area contributed by atoms with Crippen LogP contribution < -0.4 is 10.2 Å². The molecule has 2 fully saturated rings. The minimum Gasteiger partial charge on any atom is -0.354 e. The molecule has 4 nitrogen and oxygen atoms in total. The van der Waals surface area contributed by atoms with E-state index >= 15 is 0 Å². The second kappa shape index (κ2) is 4.44. The van der Waals surface area contributed by atoms with Gasteiger partial charge < -0.3 is 10.2 Å². The molecule has 4 heteroatoms. The summed E-state index contributed by atoms with van der Waals surface area (Å²) in [6, 6.07) is 4.25. The molecule has 3 rings (SSSR count). The van der Waals surface area contributed by atoms with Crippen LogP contribution in [-0.2, 0) is 5.41 Å². The van der Waals surface area contributed by atoms with Crippen LogP contribution in [0.3, 0.4) is 0 Å². The molecule has 0 amide bonds. The molecule has 0 radical (unpaired) electrons. The van der Waals surface area contributed by atoms with E-state index < -0.39 is 0 Å². The van der Waals surface area contributed by atoms with Crippen LogP contribution in [0.1, 0.15) is 40.7 Å². The molecular weight excluding hydrogens is 236 g/mol. The van der Waals surface area contributed by atoms with Crippen molar-refractivity contribution in [2.45, 2.75) is 39.0 Å². The van der Waals surface area contributed by atoms with Crippen molar-refractivity contribution >= 4 is 5.82 Å². The van der Waals surface area contributed by atoms with Gasteiger partial charge in [-0.25, -0.2) is 0 Å². The predicted octanol–water partition coefficient (Wildman–Crippen LogP) is 2.21. The van der Waals surface area contributed by atoms with E-state index in [-0.39, 0.29) is 6.84 Å². The minimum atomic E-state index is 0. The number of rotatable bonds is 1. The summed E-state index contributed by atoms with van der Waals surface area (Å²) in [4.78, 5) is 2.37. The zero-order valence-electron chi connectivity index (χ0n) is 12.2. The monoisotopic (exact) mass is 262 g/mol. The maximum absolute atomic E-state index is 4.41. The van der Waals surface area contributed by atoms with Crippen molar-refractivity contribution < 1.29 is 1.43 Å². The van der Waals surface area contributed by atoms with Crippen molar-refractivity contribution in [1.29, 1.82) is 0 Å². The Morgan fingerprint density at radius 3 is 2.37 bits per heavy atom. The molecule has 1 N–H and O–H groups in total. The van der Waals surface area contributed by atoms with Gasteiger partial charge in [-0.1, -0.05) is 20.8 Å². The summed E-state index contributed by atoms with van der Waals surface area (Å²) in [5.41, 5.74) is 1.69. The first-order chi connectivity index (χ1) is 8.99. The van der Waals surface area contributed by atoms with E-state index in [4.69, 9.17) is 0 Å².